The number of nitrogens with zero attached hydrogens (tertiary/aromatic N) is 1. The van der Waals surface area contributed by atoms with E-state index < -0.39 is 11.9 Å². The summed E-state index contributed by atoms with van der Waals surface area (Å²) in [5.74, 6) is 0.524. The van der Waals surface area contributed by atoms with E-state index >= 15 is 0 Å². The first-order valence-electron chi connectivity index (χ1n) is 11.3. The molecule has 1 amide bonds. The van der Waals surface area contributed by atoms with Crippen molar-refractivity contribution in [2.24, 2.45) is 5.92 Å². The van der Waals surface area contributed by atoms with Crippen molar-refractivity contribution in [3.8, 4) is 17.4 Å². The van der Waals surface area contributed by atoms with Crippen molar-refractivity contribution in [1.29, 1.82) is 5.26 Å². The second-order valence-electron chi connectivity index (χ2n) is 8.47. The second-order valence-corrected chi connectivity index (χ2v) is 9.57. The summed E-state index contributed by atoms with van der Waals surface area (Å²) in [6.07, 6.45) is 4.02. The van der Waals surface area contributed by atoms with Gasteiger partial charge in [0, 0.05) is 16.5 Å². The van der Waals surface area contributed by atoms with Gasteiger partial charge in [0.15, 0.2) is 0 Å². The molecule has 0 saturated heterocycles. The Bertz CT molecular complexity index is 1290. The van der Waals surface area contributed by atoms with Crippen molar-refractivity contribution < 1.29 is 18.7 Å². The van der Waals surface area contributed by atoms with E-state index in [1.807, 2.05) is 37.3 Å². The lowest BCUT2D eigenvalue weighted by Gasteiger charge is -2.18. The molecule has 1 unspecified atom stereocenters. The van der Waals surface area contributed by atoms with Gasteiger partial charge in [0.05, 0.1) is 12.2 Å². The number of amides is 1. The molecular weight excluding hydrogens is 448 g/mol. The molecule has 4 rings (SSSR count). The fraction of sp³-hybridized carbons (Fsp3) is 0.296. The minimum atomic E-state index is -0.590. The van der Waals surface area contributed by atoms with Crippen molar-refractivity contribution in [2.45, 2.75) is 40.0 Å². The summed E-state index contributed by atoms with van der Waals surface area (Å²) in [6, 6.07) is 13.4. The van der Waals surface area contributed by atoms with Crippen molar-refractivity contribution in [2.75, 3.05) is 11.9 Å². The number of aryl methyl sites for hydroxylation is 1. The monoisotopic (exact) mass is 474 g/mol. The lowest BCUT2D eigenvalue weighted by molar-refractivity contribution is -0.112. The number of hydrogen-bond donors (Lipinski definition) is 1. The van der Waals surface area contributed by atoms with E-state index in [0.29, 0.717) is 28.0 Å². The first-order chi connectivity index (χ1) is 16.4. The predicted octanol–water partition coefficient (Wildman–Crippen LogP) is 6.16. The Balaban J connectivity index is 1.59. The smallest absolute Gasteiger partial charge is 0.341 e. The molecular formula is C27H26N2O4S. The molecule has 0 spiro atoms. The Morgan fingerprint density at radius 3 is 2.74 bits per heavy atom. The van der Waals surface area contributed by atoms with Gasteiger partial charge in [-0.15, -0.1) is 11.3 Å². The zero-order valence-electron chi connectivity index (χ0n) is 19.4. The van der Waals surface area contributed by atoms with Crippen LogP contribution in [0.1, 0.15) is 52.4 Å². The summed E-state index contributed by atoms with van der Waals surface area (Å²) >= 11 is 1.39. The number of anilines is 1. The molecule has 7 heteroatoms. The number of esters is 1. The van der Waals surface area contributed by atoms with Gasteiger partial charge in [0.25, 0.3) is 5.91 Å². The predicted molar refractivity (Wildman–Crippen MR) is 133 cm³/mol. The molecule has 34 heavy (non-hydrogen) atoms. The average molecular weight is 475 g/mol. The average Bonchev–Trinajstić information content (AvgIpc) is 3.42. The van der Waals surface area contributed by atoms with Crippen molar-refractivity contribution in [3.05, 3.63) is 69.3 Å². The van der Waals surface area contributed by atoms with Crippen molar-refractivity contribution in [1.82, 2.24) is 0 Å². The van der Waals surface area contributed by atoms with Crippen molar-refractivity contribution >= 4 is 34.3 Å². The largest absolute Gasteiger partial charge is 0.462 e. The number of benzene rings is 1. The summed E-state index contributed by atoms with van der Waals surface area (Å²) < 4.78 is 11.1. The van der Waals surface area contributed by atoms with Crippen LogP contribution in [0, 0.1) is 24.2 Å². The van der Waals surface area contributed by atoms with E-state index in [2.05, 4.69) is 12.2 Å². The van der Waals surface area contributed by atoms with Gasteiger partial charge >= 0.3 is 5.97 Å². The maximum absolute atomic E-state index is 13.0. The SMILES string of the molecule is CCOC(=O)c1c(NC(=O)C(C#N)=Cc2ccc(-c3ccc(C)cc3)o2)sc2c1CCC(C)C2. The Morgan fingerprint density at radius 2 is 2.03 bits per heavy atom. The number of carbonyl (C=O) groups excluding carboxylic acids is 2. The quantitative estimate of drug-likeness (QED) is 0.262. The van der Waals surface area contributed by atoms with Gasteiger partial charge in [-0.05, 0) is 56.7 Å². The van der Waals surface area contributed by atoms with Crippen LogP contribution in [0.4, 0.5) is 5.00 Å². The van der Waals surface area contributed by atoms with Crippen LogP contribution < -0.4 is 5.32 Å². The lowest BCUT2D eigenvalue weighted by Crippen LogP contribution is -2.17. The molecule has 1 N–H and O–H groups in total. The molecule has 6 nitrogen and oxygen atoms in total. The number of furan rings is 1. The molecule has 0 fully saturated rings. The van der Waals surface area contributed by atoms with Crippen LogP contribution in [0.2, 0.25) is 0 Å². The van der Waals surface area contributed by atoms with Crippen LogP contribution in [0.5, 0.6) is 0 Å². The van der Waals surface area contributed by atoms with E-state index in [0.717, 1.165) is 40.8 Å². The number of carbonyl (C=O) groups is 2. The molecule has 1 aliphatic rings. The number of fused-ring (bicyclic) bond motifs is 1. The molecule has 1 atom stereocenters. The number of rotatable bonds is 6. The van der Waals surface area contributed by atoms with Crippen LogP contribution in [0.3, 0.4) is 0 Å². The van der Waals surface area contributed by atoms with Crippen LogP contribution in [-0.4, -0.2) is 18.5 Å². The molecule has 0 saturated carbocycles. The molecule has 2 heterocycles. The van der Waals surface area contributed by atoms with Crippen LogP contribution >= 0.6 is 11.3 Å². The first-order valence-corrected chi connectivity index (χ1v) is 12.1. The van der Waals surface area contributed by atoms with E-state index in [4.69, 9.17) is 9.15 Å². The third kappa shape index (κ3) is 4.97. The zero-order valence-corrected chi connectivity index (χ0v) is 20.3. The summed E-state index contributed by atoms with van der Waals surface area (Å²) in [7, 11) is 0. The molecule has 174 valence electrons. The van der Waals surface area contributed by atoms with Gasteiger partial charge in [0.1, 0.15) is 28.2 Å². The minimum absolute atomic E-state index is 0.112. The van der Waals surface area contributed by atoms with Crippen LogP contribution in [0.15, 0.2) is 46.4 Å². The number of thiophene rings is 1. The van der Waals surface area contributed by atoms with Gasteiger partial charge in [-0.25, -0.2) is 4.79 Å². The minimum Gasteiger partial charge on any atom is -0.462 e. The standard InChI is InChI=1S/C27H26N2O4S/c1-4-32-27(31)24-21-11-7-17(3)13-23(21)34-26(24)29-25(30)19(15-28)14-20-10-12-22(33-20)18-8-5-16(2)6-9-18/h5-6,8-10,12,14,17H,4,7,11,13H2,1-3H3,(H,29,30). The summed E-state index contributed by atoms with van der Waals surface area (Å²) in [4.78, 5) is 26.8. The molecule has 3 aromatic rings. The summed E-state index contributed by atoms with van der Waals surface area (Å²) in [6.45, 7) is 6.19. The highest BCUT2D eigenvalue weighted by molar-refractivity contribution is 7.17. The van der Waals surface area contributed by atoms with Crippen molar-refractivity contribution in [3.63, 3.8) is 0 Å². The van der Waals surface area contributed by atoms with Gasteiger partial charge in [-0.2, -0.15) is 5.26 Å². The van der Waals surface area contributed by atoms with Gasteiger partial charge in [0.2, 0.25) is 0 Å². The lowest BCUT2D eigenvalue weighted by atomic mass is 9.88. The van der Waals surface area contributed by atoms with E-state index in [1.165, 1.54) is 17.4 Å². The molecule has 0 aliphatic heterocycles. The number of ether oxygens (including phenoxy) is 1. The molecule has 2 aromatic heterocycles. The third-order valence-electron chi connectivity index (χ3n) is 5.83. The first kappa shape index (κ1) is 23.5. The Labute approximate surface area is 202 Å². The fourth-order valence-corrected chi connectivity index (χ4v) is 5.42. The maximum Gasteiger partial charge on any atom is 0.341 e. The Morgan fingerprint density at radius 1 is 1.26 bits per heavy atom. The number of nitrogens with one attached hydrogen (secondary N) is 1. The van der Waals surface area contributed by atoms with Crippen LogP contribution in [-0.2, 0) is 22.4 Å². The second kappa shape index (κ2) is 10.1. The molecule has 0 radical (unpaired) electrons. The highest BCUT2D eigenvalue weighted by atomic mass is 32.1. The molecule has 1 aromatic carbocycles. The number of nitriles is 1. The summed E-state index contributed by atoms with van der Waals surface area (Å²) in [5.41, 5.74) is 3.31. The topological polar surface area (TPSA) is 92.3 Å². The normalized spacial score (nSPS) is 15.4. The zero-order chi connectivity index (χ0) is 24.2. The Kier molecular flexibility index (Phi) is 6.99. The van der Waals surface area contributed by atoms with E-state index in [9.17, 15) is 14.9 Å². The van der Waals surface area contributed by atoms with Crippen LogP contribution in [0.25, 0.3) is 17.4 Å². The molecule has 1 aliphatic carbocycles. The van der Waals surface area contributed by atoms with Gasteiger partial charge in [-0.3, -0.25) is 4.79 Å². The maximum atomic E-state index is 13.0. The number of hydrogen-bond acceptors (Lipinski definition) is 6. The van der Waals surface area contributed by atoms with E-state index in [-0.39, 0.29) is 12.2 Å². The Hall–Kier alpha value is -3.63. The summed E-state index contributed by atoms with van der Waals surface area (Å²) in [5, 5.41) is 12.9. The van der Waals surface area contributed by atoms with Gasteiger partial charge in [-0.1, -0.05) is 36.8 Å². The third-order valence-corrected chi connectivity index (χ3v) is 7.00. The highest BCUT2D eigenvalue weighted by Crippen LogP contribution is 2.40. The fourth-order valence-electron chi connectivity index (χ4n) is 4.02. The molecule has 0 bridgehead atoms. The van der Waals surface area contributed by atoms with Gasteiger partial charge < -0.3 is 14.5 Å². The van der Waals surface area contributed by atoms with E-state index in [1.54, 1.807) is 19.1 Å². The highest BCUT2D eigenvalue weighted by Gasteiger charge is 2.29.